The first-order valence-electron chi connectivity index (χ1n) is 8.25. The number of hydrogen-bond acceptors (Lipinski definition) is 5. The lowest BCUT2D eigenvalue weighted by molar-refractivity contribution is -0.138. The Morgan fingerprint density at radius 3 is 2.52 bits per heavy atom. The normalized spacial score (nSPS) is 17.6. The number of anilines is 1. The Bertz CT molecular complexity index is 1000. The van der Waals surface area contributed by atoms with Crippen LogP contribution in [0, 0.1) is 5.92 Å². The van der Waals surface area contributed by atoms with Crippen molar-refractivity contribution in [3.05, 3.63) is 54.1 Å². The monoisotopic (exact) mass is 405 g/mol. The number of imide groups is 2. The molecule has 150 valence electrons. The summed E-state index contributed by atoms with van der Waals surface area (Å²) in [4.78, 5) is 41.4. The van der Waals surface area contributed by atoms with Gasteiger partial charge < -0.3 is 4.74 Å². The smallest absolute Gasteiger partial charge is 0.416 e. The van der Waals surface area contributed by atoms with Gasteiger partial charge in [0.1, 0.15) is 5.75 Å². The average Bonchev–Trinajstić information content (AvgIpc) is 2.67. The molecule has 10 heteroatoms. The van der Waals surface area contributed by atoms with Crippen LogP contribution < -0.4 is 15.0 Å². The first kappa shape index (κ1) is 20.1. The molecule has 2 aromatic carbocycles. The number of nitrogens with one attached hydrogen (secondary N) is 1. The standard InChI is InChI=1S/C19H14F3N3O4/c1-29-14-7-3-5-12(9-14)23-10-15-16(26)24-18(28)25(17(15)27)13-6-2-4-11(8-13)19(20,21)22/h2-10,15H,1H3,(H,24,26,28)/t15-/m1/s1. The molecular formula is C19H14F3N3O4. The molecule has 29 heavy (non-hydrogen) atoms. The highest BCUT2D eigenvalue weighted by atomic mass is 19.4. The number of carbonyl (C=O) groups excluding carboxylic acids is 3. The van der Waals surface area contributed by atoms with E-state index in [2.05, 4.69) is 4.99 Å². The number of alkyl halides is 3. The third-order valence-corrected chi connectivity index (χ3v) is 4.06. The zero-order valence-electron chi connectivity index (χ0n) is 14.9. The van der Waals surface area contributed by atoms with Gasteiger partial charge in [0.05, 0.1) is 24.0 Å². The van der Waals surface area contributed by atoms with Crippen molar-refractivity contribution in [3.63, 3.8) is 0 Å². The molecule has 1 N–H and O–H groups in total. The van der Waals surface area contributed by atoms with Crippen LogP contribution in [-0.4, -0.2) is 31.2 Å². The van der Waals surface area contributed by atoms with E-state index in [9.17, 15) is 27.6 Å². The quantitative estimate of drug-likeness (QED) is 0.625. The minimum absolute atomic E-state index is 0.311. The van der Waals surface area contributed by atoms with Crippen LogP contribution in [0.1, 0.15) is 5.56 Å². The van der Waals surface area contributed by atoms with Crippen LogP contribution in [0.25, 0.3) is 0 Å². The Kier molecular flexibility index (Phi) is 5.35. The summed E-state index contributed by atoms with van der Waals surface area (Å²) in [6, 6.07) is 9.03. The van der Waals surface area contributed by atoms with Crippen molar-refractivity contribution in [1.29, 1.82) is 0 Å². The molecule has 2 aromatic rings. The summed E-state index contributed by atoms with van der Waals surface area (Å²) >= 11 is 0. The zero-order chi connectivity index (χ0) is 21.2. The maximum absolute atomic E-state index is 12.9. The van der Waals surface area contributed by atoms with Gasteiger partial charge in [0.2, 0.25) is 5.91 Å². The number of methoxy groups -OCH3 is 1. The van der Waals surface area contributed by atoms with E-state index >= 15 is 0 Å². The Hall–Kier alpha value is -3.69. The van der Waals surface area contributed by atoms with E-state index in [0.717, 1.165) is 18.3 Å². The Labute approximate surface area is 162 Å². The Balaban J connectivity index is 1.91. The third-order valence-electron chi connectivity index (χ3n) is 4.06. The fourth-order valence-corrected chi connectivity index (χ4v) is 2.64. The molecule has 0 saturated carbocycles. The zero-order valence-corrected chi connectivity index (χ0v) is 14.9. The van der Waals surface area contributed by atoms with Gasteiger partial charge in [-0.1, -0.05) is 12.1 Å². The van der Waals surface area contributed by atoms with Crippen LogP contribution in [0.2, 0.25) is 0 Å². The number of amides is 4. The maximum atomic E-state index is 12.9. The molecular weight excluding hydrogens is 391 g/mol. The second-order valence-corrected chi connectivity index (χ2v) is 5.97. The van der Waals surface area contributed by atoms with E-state index in [4.69, 9.17) is 4.74 Å². The Morgan fingerprint density at radius 2 is 1.83 bits per heavy atom. The van der Waals surface area contributed by atoms with Crippen molar-refractivity contribution in [3.8, 4) is 5.75 Å². The van der Waals surface area contributed by atoms with Crippen molar-refractivity contribution in [2.75, 3.05) is 12.0 Å². The molecule has 4 amide bonds. The number of rotatable bonds is 4. The maximum Gasteiger partial charge on any atom is 0.416 e. The summed E-state index contributed by atoms with van der Waals surface area (Å²) in [5.41, 5.74) is -0.962. The van der Waals surface area contributed by atoms with Gasteiger partial charge in [-0.25, -0.2) is 9.69 Å². The number of halogens is 3. The van der Waals surface area contributed by atoms with Gasteiger partial charge in [-0.2, -0.15) is 13.2 Å². The molecule has 1 heterocycles. The highest BCUT2D eigenvalue weighted by Crippen LogP contribution is 2.32. The molecule has 0 bridgehead atoms. The van der Waals surface area contributed by atoms with Gasteiger partial charge in [-0.15, -0.1) is 0 Å². The lowest BCUT2D eigenvalue weighted by Crippen LogP contribution is -2.58. The number of carbonyl (C=O) groups is 3. The van der Waals surface area contributed by atoms with E-state index in [-0.39, 0.29) is 5.69 Å². The molecule has 7 nitrogen and oxygen atoms in total. The second-order valence-electron chi connectivity index (χ2n) is 5.97. The summed E-state index contributed by atoms with van der Waals surface area (Å²) in [6.07, 6.45) is -3.63. The molecule has 3 rings (SSSR count). The van der Waals surface area contributed by atoms with Gasteiger partial charge in [0.15, 0.2) is 5.92 Å². The van der Waals surface area contributed by atoms with Gasteiger partial charge in [0.25, 0.3) is 5.91 Å². The van der Waals surface area contributed by atoms with Crippen molar-refractivity contribution < 1.29 is 32.3 Å². The van der Waals surface area contributed by atoms with E-state index in [0.29, 0.717) is 22.4 Å². The predicted octanol–water partition coefficient (Wildman–Crippen LogP) is 3.32. The van der Waals surface area contributed by atoms with Crippen LogP contribution in [0.15, 0.2) is 53.5 Å². The van der Waals surface area contributed by atoms with Crippen LogP contribution in [0.4, 0.5) is 29.3 Å². The third kappa shape index (κ3) is 4.26. The van der Waals surface area contributed by atoms with E-state index in [1.807, 2.05) is 5.32 Å². The van der Waals surface area contributed by atoms with Crippen molar-refractivity contribution >= 4 is 35.4 Å². The first-order chi connectivity index (χ1) is 13.7. The molecule has 0 aliphatic carbocycles. The van der Waals surface area contributed by atoms with Crippen LogP contribution in [0.3, 0.4) is 0 Å². The number of aliphatic imine (C=N–C) groups is 1. The highest BCUT2D eigenvalue weighted by molar-refractivity contribution is 6.32. The Morgan fingerprint density at radius 1 is 1.10 bits per heavy atom. The van der Waals surface area contributed by atoms with Gasteiger partial charge in [0, 0.05) is 12.3 Å². The first-order valence-corrected chi connectivity index (χ1v) is 8.25. The van der Waals surface area contributed by atoms with E-state index in [1.165, 1.54) is 13.2 Å². The molecule has 0 radical (unpaired) electrons. The summed E-state index contributed by atoms with van der Waals surface area (Å²) in [6.45, 7) is 0. The minimum Gasteiger partial charge on any atom is -0.497 e. The minimum atomic E-state index is -4.66. The molecule has 0 aromatic heterocycles. The summed E-state index contributed by atoms with van der Waals surface area (Å²) in [7, 11) is 1.46. The number of barbiturate groups is 1. The van der Waals surface area contributed by atoms with Gasteiger partial charge in [-0.3, -0.25) is 19.9 Å². The van der Waals surface area contributed by atoms with Gasteiger partial charge in [-0.05, 0) is 30.3 Å². The molecule has 1 aliphatic rings. The SMILES string of the molecule is COc1cccc(N=C[C@@H]2C(=O)NC(=O)N(c3cccc(C(F)(F)F)c3)C2=O)c1. The van der Waals surface area contributed by atoms with E-state index in [1.54, 1.807) is 24.3 Å². The largest absolute Gasteiger partial charge is 0.497 e. The number of nitrogens with zero attached hydrogens (tertiary/aromatic N) is 2. The molecule has 0 unspecified atom stereocenters. The van der Waals surface area contributed by atoms with Crippen molar-refractivity contribution in [2.24, 2.45) is 10.9 Å². The molecule has 1 aliphatic heterocycles. The number of benzene rings is 2. The second kappa shape index (κ2) is 7.74. The number of urea groups is 1. The summed E-state index contributed by atoms with van der Waals surface area (Å²) in [5.74, 6) is -2.92. The highest BCUT2D eigenvalue weighted by Gasteiger charge is 2.41. The van der Waals surface area contributed by atoms with Crippen LogP contribution >= 0.6 is 0 Å². The average molecular weight is 405 g/mol. The predicted molar refractivity (Wildman–Crippen MR) is 97.1 cm³/mol. The fourth-order valence-electron chi connectivity index (χ4n) is 2.64. The molecule has 1 saturated heterocycles. The molecule has 0 spiro atoms. The van der Waals surface area contributed by atoms with Crippen molar-refractivity contribution in [1.82, 2.24) is 5.32 Å². The van der Waals surface area contributed by atoms with E-state index < -0.39 is 35.5 Å². The van der Waals surface area contributed by atoms with Crippen LogP contribution in [-0.2, 0) is 15.8 Å². The lowest BCUT2D eigenvalue weighted by Gasteiger charge is -2.28. The topological polar surface area (TPSA) is 88.1 Å². The number of ether oxygens (including phenoxy) is 1. The van der Waals surface area contributed by atoms with Crippen LogP contribution in [0.5, 0.6) is 5.75 Å². The lowest BCUT2D eigenvalue weighted by atomic mass is 10.1. The number of hydrogen-bond donors (Lipinski definition) is 1. The summed E-state index contributed by atoms with van der Waals surface area (Å²) < 4.78 is 43.9. The fraction of sp³-hybridized carbons (Fsp3) is 0.158. The van der Waals surface area contributed by atoms with Crippen molar-refractivity contribution in [2.45, 2.75) is 6.18 Å². The summed E-state index contributed by atoms with van der Waals surface area (Å²) in [5, 5.41) is 1.96. The molecule has 1 atom stereocenters. The van der Waals surface area contributed by atoms with Gasteiger partial charge >= 0.3 is 12.2 Å². The molecule has 1 fully saturated rings.